The van der Waals surface area contributed by atoms with Crippen molar-refractivity contribution in [3.05, 3.63) is 34.4 Å². The fourth-order valence-electron chi connectivity index (χ4n) is 3.56. The Labute approximate surface area is 121 Å². The van der Waals surface area contributed by atoms with Crippen molar-refractivity contribution in [3.63, 3.8) is 0 Å². The first-order valence-electron chi connectivity index (χ1n) is 7.12. The van der Waals surface area contributed by atoms with E-state index in [0.717, 1.165) is 30.6 Å². The van der Waals surface area contributed by atoms with Gasteiger partial charge < -0.3 is 0 Å². The molecule has 0 N–H and O–H groups in total. The van der Waals surface area contributed by atoms with Gasteiger partial charge >= 0.3 is 0 Å². The van der Waals surface area contributed by atoms with E-state index in [0.29, 0.717) is 12.8 Å². The Hall–Kier alpha value is -2.24. The molecule has 1 heterocycles. The molecule has 2 amide bonds. The summed E-state index contributed by atoms with van der Waals surface area (Å²) in [5.74, 6) is -0.634. The van der Waals surface area contributed by atoms with Crippen LogP contribution in [0.15, 0.2) is 24.3 Å². The largest absolute Gasteiger partial charge is 0.293 e. The molecule has 0 aromatic heterocycles. The van der Waals surface area contributed by atoms with Crippen LogP contribution in [-0.2, 0) is 9.59 Å². The quantitative estimate of drug-likeness (QED) is 0.476. The van der Waals surface area contributed by atoms with E-state index in [-0.39, 0.29) is 28.6 Å². The minimum atomic E-state index is -0.560. The first kappa shape index (κ1) is 13.7. The number of nitro groups is 1. The van der Waals surface area contributed by atoms with Gasteiger partial charge in [0.15, 0.2) is 0 Å². The molecule has 1 aromatic carbocycles. The molecule has 0 bridgehead atoms. The van der Waals surface area contributed by atoms with Gasteiger partial charge in [-0.2, -0.15) is 0 Å². The average Bonchev–Trinajstić information content (AvgIpc) is 2.86. The van der Waals surface area contributed by atoms with Crippen molar-refractivity contribution >= 4 is 23.2 Å². The van der Waals surface area contributed by atoms with Gasteiger partial charge in [0, 0.05) is 18.9 Å². The second-order valence-corrected chi connectivity index (χ2v) is 5.93. The number of hydrogen-bond acceptors (Lipinski definition) is 4. The molecule has 1 aromatic rings. The van der Waals surface area contributed by atoms with Crippen molar-refractivity contribution in [2.75, 3.05) is 4.90 Å². The maximum Gasteiger partial charge on any atom is 0.293 e. The normalized spacial score (nSPS) is 21.0. The number of para-hydroxylation sites is 2. The Balaban J connectivity index is 1.95. The zero-order chi connectivity index (χ0) is 15.0. The van der Waals surface area contributed by atoms with E-state index in [1.165, 1.54) is 18.2 Å². The van der Waals surface area contributed by atoms with Gasteiger partial charge in [-0.3, -0.25) is 19.7 Å². The molecule has 2 aliphatic rings. The third kappa shape index (κ3) is 2.30. The molecule has 3 rings (SSSR count). The Morgan fingerprint density at radius 2 is 1.62 bits per heavy atom. The first-order valence-corrected chi connectivity index (χ1v) is 7.12. The van der Waals surface area contributed by atoms with E-state index >= 15 is 0 Å². The van der Waals surface area contributed by atoms with Crippen molar-refractivity contribution in [2.45, 2.75) is 38.5 Å². The van der Waals surface area contributed by atoms with E-state index in [1.54, 1.807) is 6.07 Å². The molecule has 2 fully saturated rings. The lowest BCUT2D eigenvalue weighted by Crippen LogP contribution is -2.47. The van der Waals surface area contributed by atoms with Crippen LogP contribution < -0.4 is 4.90 Å². The third-order valence-corrected chi connectivity index (χ3v) is 4.53. The zero-order valence-corrected chi connectivity index (χ0v) is 11.6. The van der Waals surface area contributed by atoms with Gasteiger partial charge in [-0.05, 0) is 24.3 Å². The van der Waals surface area contributed by atoms with Gasteiger partial charge in [0.05, 0.1) is 4.92 Å². The standard InChI is InChI=1S/C15H16N2O4/c18-13-9-15(7-3-4-8-15)10-14(19)16(13)11-5-1-2-6-12(11)17(20)21/h1-2,5-6H,3-4,7-10H2. The van der Waals surface area contributed by atoms with E-state index in [9.17, 15) is 19.7 Å². The number of imide groups is 1. The minimum Gasteiger partial charge on any atom is -0.274 e. The number of nitro benzene ring substituents is 1. The Kier molecular flexibility index (Phi) is 3.23. The van der Waals surface area contributed by atoms with E-state index in [4.69, 9.17) is 0 Å². The lowest BCUT2D eigenvalue weighted by molar-refractivity contribution is -0.384. The molecule has 21 heavy (non-hydrogen) atoms. The van der Waals surface area contributed by atoms with E-state index < -0.39 is 4.92 Å². The second kappa shape index (κ2) is 4.95. The van der Waals surface area contributed by atoms with Crippen LogP contribution in [0.5, 0.6) is 0 Å². The molecule has 1 saturated carbocycles. The number of carbonyl (C=O) groups is 2. The number of hydrogen-bond donors (Lipinski definition) is 0. The van der Waals surface area contributed by atoms with Crippen molar-refractivity contribution in [1.29, 1.82) is 0 Å². The highest BCUT2D eigenvalue weighted by Gasteiger charge is 2.46. The lowest BCUT2D eigenvalue weighted by atomic mass is 9.76. The van der Waals surface area contributed by atoms with Crippen LogP contribution in [0.4, 0.5) is 11.4 Å². The summed E-state index contributed by atoms with van der Waals surface area (Å²) < 4.78 is 0. The van der Waals surface area contributed by atoms with Crippen molar-refractivity contribution in [2.24, 2.45) is 5.41 Å². The number of rotatable bonds is 2. The number of piperidine rings is 1. The van der Waals surface area contributed by atoms with Crippen LogP contribution in [-0.4, -0.2) is 16.7 Å². The monoisotopic (exact) mass is 288 g/mol. The van der Waals surface area contributed by atoms with Crippen molar-refractivity contribution in [1.82, 2.24) is 0 Å². The number of carbonyl (C=O) groups excluding carboxylic acids is 2. The van der Waals surface area contributed by atoms with E-state index in [2.05, 4.69) is 0 Å². The maximum atomic E-state index is 12.4. The number of amides is 2. The molecule has 1 aliphatic heterocycles. The summed E-state index contributed by atoms with van der Waals surface area (Å²) in [6.45, 7) is 0. The molecule has 1 spiro atoms. The molecule has 0 atom stereocenters. The molecule has 110 valence electrons. The van der Waals surface area contributed by atoms with Gasteiger partial charge in [-0.15, -0.1) is 0 Å². The summed E-state index contributed by atoms with van der Waals surface area (Å²) in [6, 6.07) is 5.90. The summed E-state index contributed by atoms with van der Waals surface area (Å²) in [5, 5.41) is 11.1. The number of nitrogens with zero attached hydrogens (tertiary/aromatic N) is 2. The SMILES string of the molecule is O=C1CC2(CCCC2)CC(=O)N1c1ccccc1[N+](=O)[O-]. The topological polar surface area (TPSA) is 80.5 Å². The number of anilines is 1. The molecule has 6 heteroatoms. The fraction of sp³-hybridized carbons (Fsp3) is 0.467. The molecule has 0 radical (unpaired) electrons. The Morgan fingerprint density at radius 1 is 1.05 bits per heavy atom. The highest BCUT2D eigenvalue weighted by Crippen LogP contribution is 2.48. The fourth-order valence-corrected chi connectivity index (χ4v) is 3.56. The molecule has 0 unspecified atom stereocenters. The summed E-state index contributed by atoms with van der Waals surface area (Å²) in [5.41, 5.74) is -0.319. The minimum absolute atomic E-state index is 0.0883. The highest BCUT2D eigenvalue weighted by molar-refractivity contribution is 6.18. The van der Waals surface area contributed by atoms with E-state index in [1.807, 2.05) is 0 Å². The highest BCUT2D eigenvalue weighted by atomic mass is 16.6. The summed E-state index contributed by atoms with van der Waals surface area (Å²) >= 11 is 0. The second-order valence-electron chi connectivity index (χ2n) is 5.93. The van der Waals surface area contributed by atoms with Crippen LogP contribution in [0, 0.1) is 15.5 Å². The lowest BCUT2D eigenvalue weighted by Gasteiger charge is -2.36. The van der Waals surface area contributed by atoms with Crippen LogP contribution in [0.3, 0.4) is 0 Å². The van der Waals surface area contributed by atoms with Crippen LogP contribution >= 0.6 is 0 Å². The molecule has 1 saturated heterocycles. The number of benzene rings is 1. The van der Waals surface area contributed by atoms with Gasteiger partial charge in [0.1, 0.15) is 5.69 Å². The molecular weight excluding hydrogens is 272 g/mol. The summed E-state index contributed by atoms with van der Waals surface area (Å²) in [4.78, 5) is 36.4. The van der Waals surface area contributed by atoms with Crippen LogP contribution in [0.25, 0.3) is 0 Å². The summed E-state index contributed by atoms with van der Waals surface area (Å²) in [7, 11) is 0. The van der Waals surface area contributed by atoms with Crippen molar-refractivity contribution < 1.29 is 14.5 Å². The Morgan fingerprint density at radius 3 is 2.19 bits per heavy atom. The summed E-state index contributed by atoms with van der Waals surface area (Å²) in [6.07, 6.45) is 4.51. The van der Waals surface area contributed by atoms with Crippen LogP contribution in [0.2, 0.25) is 0 Å². The van der Waals surface area contributed by atoms with Gasteiger partial charge in [0.25, 0.3) is 5.69 Å². The molecule has 1 aliphatic carbocycles. The van der Waals surface area contributed by atoms with Gasteiger partial charge in [-0.25, -0.2) is 4.90 Å². The third-order valence-electron chi connectivity index (χ3n) is 4.53. The average molecular weight is 288 g/mol. The predicted octanol–water partition coefficient (Wildman–Crippen LogP) is 2.81. The first-order chi connectivity index (χ1) is 10.0. The van der Waals surface area contributed by atoms with Gasteiger partial charge in [-0.1, -0.05) is 25.0 Å². The predicted molar refractivity (Wildman–Crippen MR) is 75.7 cm³/mol. The zero-order valence-electron chi connectivity index (χ0n) is 11.6. The van der Waals surface area contributed by atoms with Crippen LogP contribution in [0.1, 0.15) is 38.5 Å². The van der Waals surface area contributed by atoms with Crippen molar-refractivity contribution in [3.8, 4) is 0 Å². The molecular formula is C15H16N2O4. The smallest absolute Gasteiger partial charge is 0.274 e. The maximum absolute atomic E-state index is 12.4. The molecule has 6 nitrogen and oxygen atoms in total. The van der Waals surface area contributed by atoms with Gasteiger partial charge in [0.2, 0.25) is 11.8 Å². The Bertz CT molecular complexity index is 600.